The van der Waals surface area contributed by atoms with Crippen LogP contribution in [0.25, 0.3) is 5.65 Å². The highest BCUT2D eigenvalue weighted by Crippen LogP contribution is 2.20. The number of nitrogens with zero attached hydrogens (tertiary/aromatic N) is 4. The Labute approximate surface area is 133 Å². The minimum Gasteiger partial charge on any atom is -0.466 e. The van der Waals surface area contributed by atoms with Crippen molar-refractivity contribution in [3.63, 3.8) is 0 Å². The third kappa shape index (κ3) is 3.28. The smallest absolute Gasteiger partial charge is 0.310 e. The van der Waals surface area contributed by atoms with Gasteiger partial charge in [-0.2, -0.15) is 0 Å². The predicted molar refractivity (Wildman–Crippen MR) is 85.6 cm³/mol. The molecule has 118 valence electrons. The number of carbonyl (C=O) groups excluding carboxylic acids is 1. The Morgan fingerprint density at radius 3 is 3.04 bits per heavy atom. The second-order valence-electron chi connectivity index (χ2n) is 5.02. The van der Waals surface area contributed by atoms with Crippen LogP contribution in [-0.2, 0) is 16.0 Å². The second-order valence-corrected chi connectivity index (χ2v) is 5.02. The molecule has 0 aliphatic heterocycles. The molecule has 3 rings (SSSR count). The van der Waals surface area contributed by atoms with Crippen molar-refractivity contribution >= 4 is 23.1 Å². The molecule has 23 heavy (non-hydrogen) atoms. The summed E-state index contributed by atoms with van der Waals surface area (Å²) in [4.78, 5) is 15.9. The van der Waals surface area contributed by atoms with E-state index in [1.807, 2.05) is 41.8 Å². The Morgan fingerprint density at radius 2 is 2.22 bits per heavy atom. The number of aromatic nitrogens is 4. The van der Waals surface area contributed by atoms with Crippen molar-refractivity contribution in [3.05, 3.63) is 48.0 Å². The molecule has 0 spiro atoms. The Balaban J connectivity index is 1.83. The number of ether oxygens (including phenoxy) is 1. The summed E-state index contributed by atoms with van der Waals surface area (Å²) in [5, 5.41) is 11.4. The van der Waals surface area contributed by atoms with Crippen LogP contribution in [0.3, 0.4) is 0 Å². The topological polar surface area (TPSA) is 81.4 Å². The van der Waals surface area contributed by atoms with E-state index in [0.717, 1.165) is 17.1 Å². The third-order valence-corrected chi connectivity index (χ3v) is 3.34. The minimum absolute atomic E-state index is 0.238. The molecule has 3 aromatic rings. The lowest BCUT2D eigenvalue weighted by atomic mass is 10.1. The molecule has 0 atom stereocenters. The van der Waals surface area contributed by atoms with Crippen LogP contribution in [0.1, 0.15) is 18.3 Å². The van der Waals surface area contributed by atoms with Gasteiger partial charge in [-0.3, -0.25) is 9.20 Å². The summed E-state index contributed by atoms with van der Waals surface area (Å²) in [6, 6.07) is 7.57. The molecule has 1 N–H and O–H groups in total. The van der Waals surface area contributed by atoms with Gasteiger partial charge in [0, 0.05) is 18.1 Å². The van der Waals surface area contributed by atoms with Crippen LogP contribution < -0.4 is 5.32 Å². The average Bonchev–Trinajstić information content (AvgIpc) is 2.91. The number of carbonyl (C=O) groups is 1. The van der Waals surface area contributed by atoms with Crippen LogP contribution in [0.5, 0.6) is 0 Å². The van der Waals surface area contributed by atoms with Crippen molar-refractivity contribution in [1.82, 2.24) is 19.6 Å². The van der Waals surface area contributed by atoms with Gasteiger partial charge in [0.1, 0.15) is 5.82 Å². The zero-order valence-corrected chi connectivity index (χ0v) is 13.0. The standard InChI is InChI=1S/C16H17N5O2/c1-3-23-14(22)10-12-5-4-6-13(9-12)18-15-16-20-19-11(2)21(16)8-7-17-15/h4-9H,3,10H2,1-2H3,(H,17,18). The number of hydrogen-bond acceptors (Lipinski definition) is 6. The van der Waals surface area contributed by atoms with E-state index in [2.05, 4.69) is 20.5 Å². The molecule has 0 unspecified atom stereocenters. The molecule has 0 radical (unpaired) electrons. The van der Waals surface area contributed by atoms with Crippen molar-refractivity contribution in [2.45, 2.75) is 20.3 Å². The molecular weight excluding hydrogens is 294 g/mol. The molecule has 0 saturated carbocycles. The van der Waals surface area contributed by atoms with Crippen LogP contribution in [0.15, 0.2) is 36.7 Å². The van der Waals surface area contributed by atoms with E-state index in [0.29, 0.717) is 18.1 Å². The van der Waals surface area contributed by atoms with Gasteiger partial charge >= 0.3 is 5.97 Å². The molecule has 2 aromatic heterocycles. The summed E-state index contributed by atoms with van der Waals surface area (Å²) in [6.45, 7) is 4.06. The van der Waals surface area contributed by atoms with Gasteiger partial charge in [-0.15, -0.1) is 10.2 Å². The van der Waals surface area contributed by atoms with Crippen molar-refractivity contribution in [3.8, 4) is 0 Å². The molecule has 7 nitrogen and oxygen atoms in total. The molecule has 0 fully saturated rings. The molecule has 0 bridgehead atoms. The van der Waals surface area contributed by atoms with Gasteiger partial charge in [0.05, 0.1) is 13.0 Å². The van der Waals surface area contributed by atoms with Crippen LogP contribution in [0.4, 0.5) is 11.5 Å². The van der Waals surface area contributed by atoms with E-state index in [9.17, 15) is 4.79 Å². The molecule has 0 aliphatic rings. The van der Waals surface area contributed by atoms with Crippen molar-refractivity contribution in [2.24, 2.45) is 0 Å². The number of esters is 1. The van der Waals surface area contributed by atoms with E-state index in [1.54, 1.807) is 13.1 Å². The Kier molecular flexibility index (Phi) is 4.18. The number of nitrogens with one attached hydrogen (secondary N) is 1. The first-order chi connectivity index (χ1) is 11.2. The fourth-order valence-corrected chi connectivity index (χ4v) is 2.30. The first-order valence-electron chi connectivity index (χ1n) is 7.35. The first-order valence-corrected chi connectivity index (χ1v) is 7.35. The summed E-state index contributed by atoms with van der Waals surface area (Å²) >= 11 is 0. The van der Waals surface area contributed by atoms with E-state index < -0.39 is 0 Å². The zero-order valence-electron chi connectivity index (χ0n) is 13.0. The highest BCUT2D eigenvalue weighted by Gasteiger charge is 2.09. The van der Waals surface area contributed by atoms with Crippen LogP contribution in [-0.4, -0.2) is 32.2 Å². The lowest BCUT2D eigenvalue weighted by Gasteiger charge is -2.08. The number of aryl methyl sites for hydroxylation is 1. The van der Waals surface area contributed by atoms with Gasteiger partial charge in [-0.25, -0.2) is 4.98 Å². The van der Waals surface area contributed by atoms with Gasteiger partial charge in [-0.05, 0) is 31.5 Å². The SMILES string of the molecule is CCOC(=O)Cc1cccc(Nc2nccn3c(C)nnc23)c1. The van der Waals surface area contributed by atoms with Gasteiger partial charge in [0.15, 0.2) is 5.82 Å². The van der Waals surface area contributed by atoms with Crippen LogP contribution in [0.2, 0.25) is 0 Å². The highest BCUT2D eigenvalue weighted by atomic mass is 16.5. The Hall–Kier alpha value is -2.96. The van der Waals surface area contributed by atoms with Gasteiger partial charge in [0.25, 0.3) is 0 Å². The maximum atomic E-state index is 11.6. The Bertz CT molecular complexity index is 843. The van der Waals surface area contributed by atoms with Crippen molar-refractivity contribution in [2.75, 3.05) is 11.9 Å². The van der Waals surface area contributed by atoms with Crippen molar-refractivity contribution < 1.29 is 9.53 Å². The van der Waals surface area contributed by atoms with Crippen LogP contribution >= 0.6 is 0 Å². The second kappa shape index (κ2) is 6.43. The summed E-state index contributed by atoms with van der Waals surface area (Å²) in [6.07, 6.45) is 3.74. The summed E-state index contributed by atoms with van der Waals surface area (Å²) in [5.41, 5.74) is 2.35. The molecule has 2 heterocycles. The van der Waals surface area contributed by atoms with E-state index in [4.69, 9.17) is 4.74 Å². The predicted octanol–water partition coefficient (Wildman–Crippen LogP) is 2.28. The largest absolute Gasteiger partial charge is 0.466 e. The molecule has 1 aromatic carbocycles. The molecule has 0 aliphatic carbocycles. The fourth-order valence-electron chi connectivity index (χ4n) is 2.30. The maximum Gasteiger partial charge on any atom is 0.310 e. The maximum absolute atomic E-state index is 11.6. The fraction of sp³-hybridized carbons (Fsp3) is 0.250. The number of hydrogen-bond donors (Lipinski definition) is 1. The quantitative estimate of drug-likeness (QED) is 0.728. The highest BCUT2D eigenvalue weighted by molar-refractivity contribution is 5.74. The van der Waals surface area contributed by atoms with Gasteiger partial charge in [0.2, 0.25) is 5.65 Å². The number of benzene rings is 1. The molecular formula is C16H17N5O2. The number of anilines is 2. The first kappa shape index (κ1) is 15.0. The zero-order chi connectivity index (χ0) is 16.2. The van der Waals surface area contributed by atoms with E-state index in [-0.39, 0.29) is 12.4 Å². The molecule has 7 heteroatoms. The lowest BCUT2D eigenvalue weighted by molar-refractivity contribution is -0.142. The number of rotatable bonds is 5. The minimum atomic E-state index is -0.238. The normalized spacial score (nSPS) is 10.7. The van der Waals surface area contributed by atoms with Gasteiger partial charge in [-0.1, -0.05) is 12.1 Å². The lowest BCUT2D eigenvalue weighted by Crippen LogP contribution is -2.07. The Morgan fingerprint density at radius 1 is 1.35 bits per heavy atom. The third-order valence-electron chi connectivity index (χ3n) is 3.34. The summed E-state index contributed by atoms with van der Waals surface area (Å²) < 4.78 is 6.83. The van der Waals surface area contributed by atoms with Crippen LogP contribution in [0, 0.1) is 6.92 Å². The number of fused-ring (bicyclic) bond motifs is 1. The average molecular weight is 311 g/mol. The summed E-state index contributed by atoms with van der Waals surface area (Å²) in [7, 11) is 0. The van der Waals surface area contributed by atoms with E-state index in [1.165, 1.54) is 0 Å². The molecule has 0 amide bonds. The van der Waals surface area contributed by atoms with Gasteiger partial charge < -0.3 is 10.1 Å². The monoisotopic (exact) mass is 311 g/mol. The van der Waals surface area contributed by atoms with E-state index >= 15 is 0 Å². The summed E-state index contributed by atoms with van der Waals surface area (Å²) in [5.74, 6) is 1.17. The van der Waals surface area contributed by atoms with Crippen molar-refractivity contribution in [1.29, 1.82) is 0 Å². The molecule has 0 saturated heterocycles.